The summed E-state index contributed by atoms with van der Waals surface area (Å²) in [7, 11) is -3.64. The minimum atomic E-state index is -3.64. The molecular weight excluding hydrogens is 380 g/mol. The van der Waals surface area contributed by atoms with Gasteiger partial charge < -0.3 is 14.8 Å². The zero-order valence-electron chi connectivity index (χ0n) is 15.8. The Morgan fingerprint density at radius 3 is 2.54 bits per heavy atom. The monoisotopic (exact) mass is 404 g/mol. The summed E-state index contributed by atoms with van der Waals surface area (Å²) in [6.07, 6.45) is 0. The molecule has 1 saturated heterocycles. The molecule has 0 aliphatic carbocycles. The summed E-state index contributed by atoms with van der Waals surface area (Å²) >= 11 is 0. The van der Waals surface area contributed by atoms with Crippen molar-refractivity contribution in [1.82, 2.24) is 9.62 Å². The van der Waals surface area contributed by atoms with Crippen LogP contribution in [0.15, 0.2) is 53.4 Å². The summed E-state index contributed by atoms with van der Waals surface area (Å²) < 4.78 is 38.2. The first-order chi connectivity index (χ1) is 13.5. The van der Waals surface area contributed by atoms with Crippen LogP contribution in [0.4, 0.5) is 0 Å². The highest BCUT2D eigenvalue weighted by atomic mass is 32.2. The van der Waals surface area contributed by atoms with Gasteiger partial charge in [0.05, 0.1) is 30.3 Å². The first-order valence-corrected chi connectivity index (χ1v) is 10.6. The van der Waals surface area contributed by atoms with E-state index in [0.29, 0.717) is 49.8 Å². The second-order valence-electron chi connectivity index (χ2n) is 6.24. The lowest BCUT2D eigenvalue weighted by molar-refractivity contribution is 0.0730. The van der Waals surface area contributed by atoms with Crippen LogP contribution in [0.2, 0.25) is 0 Å². The number of nitrogens with one attached hydrogen (secondary N) is 1. The van der Waals surface area contributed by atoms with E-state index < -0.39 is 10.0 Å². The molecule has 1 aliphatic heterocycles. The zero-order valence-corrected chi connectivity index (χ0v) is 16.6. The Kier molecular flexibility index (Phi) is 6.66. The van der Waals surface area contributed by atoms with Gasteiger partial charge in [0.1, 0.15) is 5.75 Å². The van der Waals surface area contributed by atoms with Crippen molar-refractivity contribution in [3.63, 3.8) is 0 Å². The van der Waals surface area contributed by atoms with Gasteiger partial charge in [0.15, 0.2) is 0 Å². The van der Waals surface area contributed by atoms with Crippen molar-refractivity contribution in [1.29, 1.82) is 0 Å². The van der Waals surface area contributed by atoms with E-state index in [1.807, 2.05) is 6.92 Å². The third-order valence-corrected chi connectivity index (χ3v) is 6.43. The quantitative estimate of drug-likeness (QED) is 0.763. The zero-order chi connectivity index (χ0) is 20.0. The molecule has 0 bridgehead atoms. The highest BCUT2D eigenvalue weighted by Crippen LogP contribution is 2.22. The van der Waals surface area contributed by atoms with Gasteiger partial charge in [-0.3, -0.25) is 4.79 Å². The average molecular weight is 404 g/mol. The van der Waals surface area contributed by atoms with Crippen molar-refractivity contribution in [2.75, 3.05) is 32.9 Å². The standard InChI is InChI=1S/C20H24N2O5S/c1-2-27-18-9-5-4-8-17(18)20(23)21-15-16-7-3-6-10-19(16)28(24,25)22-11-13-26-14-12-22/h3-10H,2,11-15H2,1H3,(H,21,23). The van der Waals surface area contributed by atoms with Crippen LogP contribution in [0.5, 0.6) is 5.75 Å². The highest BCUT2D eigenvalue weighted by molar-refractivity contribution is 7.89. The molecule has 0 unspecified atom stereocenters. The first-order valence-electron chi connectivity index (χ1n) is 9.20. The number of para-hydroxylation sites is 1. The number of carbonyl (C=O) groups is 1. The van der Waals surface area contributed by atoms with Crippen LogP contribution < -0.4 is 10.1 Å². The van der Waals surface area contributed by atoms with Crippen molar-refractivity contribution in [2.45, 2.75) is 18.4 Å². The Balaban J connectivity index is 1.78. The number of amides is 1. The van der Waals surface area contributed by atoms with Gasteiger partial charge in [-0.2, -0.15) is 4.31 Å². The van der Waals surface area contributed by atoms with Crippen LogP contribution in [0.3, 0.4) is 0 Å². The van der Waals surface area contributed by atoms with Gasteiger partial charge in [0.2, 0.25) is 10.0 Å². The molecule has 0 radical (unpaired) electrons. The third-order valence-electron chi connectivity index (χ3n) is 4.43. The minimum Gasteiger partial charge on any atom is -0.493 e. The molecule has 28 heavy (non-hydrogen) atoms. The van der Waals surface area contributed by atoms with E-state index in [9.17, 15) is 13.2 Å². The Labute approximate surface area is 165 Å². The van der Waals surface area contributed by atoms with Gasteiger partial charge in [0.25, 0.3) is 5.91 Å². The van der Waals surface area contributed by atoms with E-state index in [0.717, 1.165) is 0 Å². The molecule has 0 spiro atoms. The number of nitrogens with zero attached hydrogens (tertiary/aromatic N) is 1. The predicted octanol–water partition coefficient (Wildman–Crippen LogP) is 2.04. The summed E-state index contributed by atoms with van der Waals surface area (Å²) in [4.78, 5) is 12.8. The highest BCUT2D eigenvalue weighted by Gasteiger charge is 2.28. The third kappa shape index (κ3) is 4.52. The summed E-state index contributed by atoms with van der Waals surface area (Å²) in [5.41, 5.74) is 0.953. The van der Waals surface area contributed by atoms with Gasteiger partial charge in [-0.1, -0.05) is 30.3 Å². The number of rotatable bonds is 7. The van der Waals surface area contributed by atoms with E-state index in [2.05, 4.69) is 5.32 Å². The van der Waals surface area contributed by atoms with Gasteiger partial charge in [-0.05, 0) is 30.7 Å². The molecule has 8 heteroatoms. The summed E-state index contributed by atoms with van der Waals surface area (Å²) in [6.45, 7) is 3.81. The summed E-state index contributed by atoms with van der Waals surface area (Å²) in [5, 5.41) is 2.80. The fourth-order valence-corrected chi connectivity index (χ4v) is 4.66. The Bertz CT molecular complexity index is 924. The molecule has 1 heterocycles. The molecular formula is C20H24N2O5S. The number of carbonyl (C=O) groups excluding carboxylic acids is 1. The smallest absolute Gasteiger partial charge is 0.255 e. The molecule has 150 valence electrons. The molecule has 0 saturated carbocycles. The van der Waals surface area contributed by atoms with Gasteiger partial charge >= 0.3 is 0 Å². The number of sulfonamides is 1. The molecule has 2 aromatic rings. The van der Waals surface area contributed by atoms with E-state index >= 15 is 0 Å². The molecule has 0 atom stereocenters. The molecule has 1 fully saturated rings. The van der Waals surface area contributed by atoms with E-state index in [1.54, 1.807) is 48.5 Å². The van der Waals surface area contributed by atoms with Crippen molar-refractivity contribution < 1.29 is 22.7 Å². The van der Waals surface area contributed by atoms with E-state index in [1.165, 1.54) is 4.31 Å². The van der Waals surface area contributed by atoms with Crippen molar-refractivity contribution in [2.24, 2.45) is 0 Å². The molecule has 1 N–H and O–H groups in total. The molecule has 0 aromatic heterocycles. The number of ether oxygens (including phenoxy) is 2. The fourth-order valence-electron chi connectivity index (χ4n) is 3.03. The number of morpholine rings is 1. The van der Waals surface area contributed by atoms with Crippen molar-refractivity contribution in [3.8, 4) is 5.75 Å². The Hall–Kier alpha value is -2.42. The number of hydrogen-bond donors (Lipinski definition) is 1. The maximum Gasteiger partial charge on any atom is 0.255 e. The molecule has 7 nitrogen and oxygen atoms in total. The average Bonchev–Trinajstić information content (AvgIpc) is 2.73. The lowest BCUT2D eigenvalue weighted by atomic mass is 10.1. The summed E-state index contributed by atoms with van der Waals surface area (Å²) in [5.74, 6) is 0.180. The van der Waals surface area contributed by atoms with Gasteiger partial charge in [-0.25, -0.2) is 8.42 Å². The van der Waals surface area contributed by atoms with Crippen LogP contribution in [-0.2, 0) is 21.3 Å². The molecule has 1 amide bonds. The Morgan fingerprint density at radius 1 is 1.11 bits per heavy atom. The van der Waals surface area contributed by atoms with Crippen LogP contribution in [0, 0.1) is 0 Å². The number of benzene rings is 2. The largest absolute Gasteiger partial charge is 0.493 e. The number of hydrogen-bond acceptors (Lipinski definition) is 5. The molecule has 2 aromatic carbocycles. The first kappa shape index (κ1) is 20.3. The maximum atomic E-state index is 13.0. The van der Waals surface area contributed by atoms with Crippen LogP contribution in [0.25, 0.3) is 0 Å². The lowest BCUT2D eigenvalue weighted by Crippen LogP contribution is -2.41. The SMILES string of the molecule is CCOc1ccccc1C(=O)NCc1ccccc1S(=O)(=O)N1CCOCC1. The molecule has 1 aliphatic rings. The van der Waals surface area contributed by atoms with E-state index in [-0.39, 0.29) is 17.3 Å². The van der Waals surface area contributed by atoms with Gasteiger partial charge in [-0.15, -0.1) is 0 Å². The Morgan fingerprint density at radius 2 is 1.79 bits per heavy atom. The van der Waals surface area contributed by atoms with Gasteiger partial charge in [0, 0.05) is 19.6 Å². The maximum absolute atomic E-state index is 13.0. The second kappa shape index (κ2) is 9.18. The lowest BCUT2D eigenvalue weighted by Gasteiger charge is -2.27. The fraction of sp³-hybridized carbons (Fsp3) is 0.350. The van der Waals surface area contributed by atoms with Crippen molar-refractivity contribution in [3.05, 3.63) is 59.7 Å². The van der Waals surface area contributed by atoms with E-state index in [4.69, 9.17) is 9.47 Å². The predicted molar refractivity (Wildman–Crippen MR) is 105 cm³/mol. The van der Waals surface area contributed by atoms with Crippen LogP contribution in [-0.4, -0.2) is 51.5 Å². The minimum absolute atomic E-state index is 0.0963. The van der Waals surface area contributed by atoms with Crippen molar-refractivity contribution >= 4 is 15.9 Å². The molecule has 3 rings (SSSR count). The topological polar surface area (TPSA) is 84.9 Å². The summed E-state index contributed by atoms with van der Waals surface area (Å²) in [6, 6.07) is 13.7. The second-order valence-corrected chi connectivity index (χ2v) is 8.14. The normalized spacial score (nSPS) is 15.2. The van der Waals surface area contributed by atoms with Crippen LogP contribution in [0.1, 0.15) is 22.8 Å². The van der Waals surface area contributed by atoms with Crippen LogP contribution >= 0.6 is 0 Å².